The monoisotopic (exact) mass is 270 g/mol. The minimum atomic E-state index is -0.566. The van der Waals surface area contributed by atoms with Gasteiger partial charge in [0.2, 0.25) is 5.91 Å². The van der Waals surface area contributed by atoms with Crippen LogP contribution in [0.15, 0.2) is 30.3 Å². The Balaban J connectivity index is 1.92. The standard InChI is InChI=1S/C17H22N2O/c1-19(13-15-9-5-6-10-15)17(20)16(12-18)11-14-7-3-2-4-8-14/h2-4,7-8,15-16H,5-6,9-11,13H2,1H3. The van der Waals surface area contributed by atoms with Crippen molar-refractivity contribution in [2.45, 2.75) is 32.1 Å². The second-order valence-corrected chi connectivity index (χ2v) is 5.74. The van der Waals surface area contributed by atoms with E-state index < -0.39 is 5.92 Å². The Labute approximate surface area is 121 Å². The summed E-state index contributed by atoms with van der Waals surface area (Å²) in [5.41, 5.74) is 1.04. The first kappa shape index (κ1) is 14.6. The molecule has 20 heavy (non-hydrogen) atoms. The van der Waals surface area contributed by atoms with Crippen molar-refractivity contribution in [3.63, 3.8) is 0 Å². The lowest BCUT2D eigenvalue weighted by atomic mass is 9.98. The van der Waals surface area contributed by atoms with Crippen LogP contribution in [-0.4, -0.2) is 24.4 Å². The van der Waals surface area contributed by atoms with Crippen molar-refractivity contribution < 1.29 is 4.79 Å². The molecule has 2 rings (SSSR count). The van der Waals surface area contributed by atoms with Crippen LogP contribution in [0.1, 0.15) is 31.2 Å². The summed E-state index contributed by atoms with van der Waals surface area (Å²) in [6, 6.07) is 11.9. The molecule has 0 N–H and O–H groups in total. The number of benzene rings is 1. The predicted molar refractivity (Wildman–Crippen MR) is 78.8 cm³/mol. The third-order valence-corrected chi connectivity index (χ3v) is 4.12. The smallest absolute Gasteiger partial charge is 0.240 e. The van der Waals surface area contributed by atoms with Crippen LogP contribution in [0, 0.1) is 23.2 Å². The average molecular weight is 270 g/mol. The van der Waals surface area contributed by atoms with E-state index in [0.717, 1.165) is 12.1 Å². The van der Waals surface area contributed by atoms with Crippen molar-refractivity contribution in [1.29, 1.82) is 5.26 Å². The van der Waals surface area contributed by atoms with E-state index in [-0.39, 0.29) is 5.91 Å². The van der Waals surface area contributed by atoms with Gasteiger partial charge in [-0.05, 0) is 30.7 Å². The van der Waals surface area contributed by atoms with E-state index in [2.05, 4.69) is 6.07 Å². The Morgan fingerprint density at radius 3 is 2.60 bits per heavy atom. The lowest BCUT2D eigenvalue weighted by Crippen LogP contribution is -2.36. The molecule has 0 radical (unpaired) electrons. The van der Waals surface area contributed by atoms with Crippen molar-refractivity contribution in [3.8, 4) is 6.07 Å². The number of rotatable bonds is 5. The van der Waals surface area contributed by atoms with Gasteiger partial charge < -0.3 is 4.90 Å². The van der Waals surface area contributed by atoms with Crippen molar-refractivity contribution in [3.05, 3.63) is 35.9 Å². The molecule has 1 aromatic rings. The predicted octanol–water partition coefficient (Wildman–Crippen LogP) is 3.02. The molecule has 3 heteroatoms. The van der Waals surface area contributed by atoms with Gasteiger partial charge in [0.1, 0.15) is 5.92 Å². The molecule has 1 amide bonds. The lowest BCUT2D eigenvalue weighted by molar-refractivity contribution is -0.133. The molecule has 3 nitrogen and oxygen atoms in total. The van der Waals surface area contributed by atoms with Crippen LogP contribution >= 0.6 is 0 Å². The second-order valence-electron chi connectivity index (χ2n) is 5.74. The van der Waals surface area contributed by atoms with Gasteiger partial charge >= 0.3 is 0 Å². The van der Waals surface area contributed by atoms with Crippen LogP contribution in [0.2, 0.25) is 0 Å². The average Bonchev–Trinajstić information content (AvgIpc) is 2.98. The maximum absolute atomic E-state index is 12.4. The molecule has 1 aliphatic rings. The number of nitrogens with zero attached hydrogens (tertiary/aromatic N) is 2. The molecule has 0 saturated heterocycles. The Morgan fingerprint density at radius 1 is 1.35 bits per heavy atom. The topological polar surface area (TPSA) is 44.1 Å². The van der Waals surface area contributed by atoms with Gasteiger partial charge in [0.05, 0.1) is 6.07 Å². The van der Waals surface area contributed by atoms with Gasteiger partial charge in [-0.1, -0.05) is 43.2 Å². The molecule has 0 bridgehead atoms. The second kappa shape index (κ2) is 7.09. The number of hydrogen-bond donors (Lipinski definition) is 0. The molecule has 1 unspecified atom stereocenters. The Kier molecular flexibility index (Phi) is 5.17. The largest absolute Gasteiger partial charge is 0.344 e. The fourth-order valence-corrected chi connectivity index (χ4v) is 2.97. The molecular weight excluding hydrogens is 248 g/mol. The molecule has 1 aromatic carbocycles. The highest BCUT2D eigenvalue weighted by Crippen LogP contribution is 2.25. The molecule has 1 atom stereocenters. The number of carbonyl (C=O) groups is 1. The molecule has 0 aliphatic heterocycles. The number of nitriles is 1. The molecular formula is C17H22N2O. The van der Waals surface area contributed by atoms with Crippen LogP contribution in [-0.2, 0) is 11.2 Å². The highest BCUT2D eigenvalue weighted by molar-refractivity contribution is 5.81. The summed E-state index contributed by atoms with van der Waals surface area (Å²) >= 11 is 0. The Bertz CT molecular complexity index is 472. The highest BCUT2D eigenvalue weighted by Gasteiger charge is 2.25. The highest BCUT2D eigenvalue weighted by atomic mass is 16.2. The lowest BCUT2D eigenvalue weighted by Gasteiger charge is -2.23. The van der Waals surface area contributed by atoms with Crippen LogP contribution in [0.3, 0.4) is 0 Å². The fraction of sp³-hybridized carbons (Fsp3) is 0.529. The van der Waals surface area contributed by atoms with Crippen molar-refractivity contribution >= 4 is 5.91 Å². The van der Waals surface area contributed by atoms with E-state index in [1.54, 1.807) is 4.90 Å². The van der Waals surface area contributed by atoms with Crippen molar-refractivity contribution in [1.82, 2.24) is 4.90 Å². The van der Waals surface area contributed by atoms with E-state index in [1.165, 1.54) is 25.7 Å². The summed E-state index contributed by atoms with van der Waals surface area (Å²) < 4.78 is 0. The summed E-state index contributed by atoms with van der Waals surface area (Å²) in [4.78, 5) is 14.1. The van der Waals surface area contributed by atoms with Crippen LogP contribution in [0.4, 0.5) is 0 Å². The van der Waals surface area contributed by atoms with E-state index >= 15 is 0 Å². The zero-order valence-corrected chi connectivity index (χ0v) is 12.1. The minimum Gasteiger partial charge on any atom is -0.344 e. The Hall–Kier alpha value is -1.82. The van der Waals surface area contributed by atoms with Crippen LogP contribution in [0.5, 0.6) is 0 Å². The van der Waals surface area contributed by atoms with Crippen LogP contribution in [0.25, 0.3) is 0 Å². The summed E-state index contributed by atoms with van der Waals surface area (Å²) in [6.07, 6.45) is 5.49. The third kappa shape index (κ3) is 3.84. The molecule has 0 heterocycles. The van der Waals surface area contributed by atoms with E-state index in [9.17, 15) is 10.1 Å². The van der Waals surface area contributed by atoms with Gasteiger partial charge in [-0.15, -0.1) is 0 Å². The number of hydrogen-bond acceptors (Lipinski definition) is 2. The fourth-order valence-electron chi connectivity index (χ4n) is 2.97. The van der Waals surface area contributed by atoms with Gasteiger partial charge in [-0.25, -0.2) is 0 Å². The summed E-state index contributed by atoms with van der Waals surface area (Å²) in [5.74, 6) is 0.0204. The molecule has 1 aliphatic carbocycles. The van der Waals surface area contributed by atoms with Gasteiger partial charge in [0.25, 0.3) is 0 Å². The molecule has 1 fully saturated rings. The first-order valence-corrected chi connectivity index (χ1v) is 7.39. The van der Waals surface area contributed by atoms with E-state index in [1.807, 2.05) is 37.4 Å². The Morgan fingerprint density at radius 2 is 2.00 bits per heavy atom. The van der Waals surface area contributed by atoms with Crippen molar-refractivity contribution in [2.75, 3.05) is 13.6 Å². The SMILES string of the molecule is CN(CC1CCCC1)C(=O)C(C#N)Cc1ccccc1. The first-order chi connectivity index (χ1) is 9.70. The van der Waals surface area contributed by atoms with Crippen molar-refractivity contribution in [2.24, 2.45) is 11.8 Å². The number of carbonyl (C=O) groups excluding carboxylic acids is 1. The van der Waals surface area contributed by atoms with Gasteiger partial charge in [-0.2, -0.15) is 5.26 Å². The zero-order valence-electron chi connectivity index (χ0n) is 12.1. The maximum atomic E-state index is 12.4. The molecule has 1 saturated carbocycles. The molecule has 0 spiro atoms. The normalized spacial score (nSPS) is 16.6. The summed E-state index contributed by atoms with van der Waals surface area (Å²) in [7, 11) is 1.83. The zero-order chi connectivity index (χ0) is 14.4. The van der Waals surface area contributed by atoms with E-state index in [0.29, 0.717) is 12.3 Å². The van der Waals surface area contributed by atoms with Gasteiger partial charge in [0, 0.05) is 13.6 Å². The van der Waals surface area contributed by atoms with E-state index in [4.69, 9.17) is 0 Å². The summed E-state index contributed by atoms with van der Waals surface area (Å²) in [6.45, 7) is 0.797. The quantitative estimate of drug-likeness (QED) is 0.825. The molecule has 106 valence electrons. The minimum absolute atomic E-state index is 0.0387. The van der Waals surface area contributed by atoms with Gasteiger partial charge in [0.15, 0.2) is 0 Å². The summed E-state index contributed by atoms with van der Waals surface area (Å²) in [5, 5.41) is 9.27. The first-order valence-electron chi connectivity index (χ1n) is 7.39. The third-order valence-electron chi connectivity index (χ3n) is 4.12. The van der Waals surface area contributed by atoms with Gasteiger partial charge in [-0.3, -0.25) is 4.79 Å². The number of amides is 1. The molecule has 0 aromatic heterocycles. The maximum Gasteiger partial charge on any atom is 0.240 e. The van der Waals surface area contributed by atoms with Crippen LogP contribution < -0.4 is 0 Å².